The highest BCUT2D eigenvalue weighted by Crippen LogP contribution is 2.38. The van der Waals surface area contributed by atoms with E-state index in [4.69, 9.17) is 0 Å². The number of nitrogens with zero attached hydrogens (tertiary/aromatic N) is 3. The Morgan fingerprint density at radius 1 is 1.15 bits per heavy atom. The molecule has 0 bridgehead atoms. The minimum absolute atomic E-state index is 0.0384. The van der Waals surface area contributed by atoms with Crippen molar-refractivity contribution in [2.24, 2.45) is 10.2 Å². The van der Waals surface area contributed by atoms with Gasteiger partial charge in [-0.25, -0.2) is 0 Å². The molecular formula is C20H22N4O2. The zero-order chi connectivity index (χ0) is 18.5. The van der Waals surface area contributed by atoms with Crippen LogP contribution < -0.4 is 5.32 Å². The maximum Gasteiger partial charge on any atom is 0.283 e. The van der Waals surface area contributed by atoms with Gasteiger partial charge in [0.25, 0.3) is 5.91 Å². The van der Waals surface area contributed by atoms with Crippen LogP contribution in [0, 0.1) is 6.92 Å². The first kappa shape index (κ1) is 17.7. The predicted molar refractivity (Wildman–Crippen MR) is 103 cm³/mol. The molecule has 0 saturated heterocycles. The molecule has 0 spiro atoms. The van der Waals surface area contributed by atoms with Gasteiger partial charge in [-0.05, 0) is 31.0 Å². The van der Waals surface area contributed by atoms with E-state index in [1.54, 1.807) is 4.57 Å². The van der Waals surface area contributed by atoms with Gasteiger partial charge in [-0.15, -0.1) is 10.2 Å². The Balaban J connectivity index is 1.79. The normalized spacial score (nSPS) is 11.3. The number of hydrogen-bond acceptors (Lipinski definition) is 4. The Kier molecular flexibility index (Phi) is 5.31. The smallest absolute Gasteiger partial charge is 0.283 e. The van der Waals surface area contributed by atoms with Crippen molar-refractivity contribution in [3.8, 4) is 5.88 Å². The molecule has 0 aliphatic carbocycles. The zero-order valence-corrected chi connectivity index (χ0v) is 14.9. The van der Waals surface area contributed by atoms with E-state index >= 15 is 0 Å². The van der Waals surface area contributed by atoms with Crippen molar-refractivity contribution in [3.63, 3.8) is 0 Å². The van der Waals surface area contributed by atoms with Gasteiger partial charge in [0.15, 0.2) is 5.69 Å². The van der Waals surface area contributed by atoms with Crippen LogP contribution >= 0.6 is 0 Å². The van der Waals surface area contributed by atoms with E-state index in [0.717, 1.165) is 28.6 Å². The highest BCUT2D eigenvalue weighted by atomic mass is 16.3. The SMILES string of the molecule is CCCn1c(O)c(N=NC(=O)CNc2ccccc2C)c2ccccc21. The largest absolute Gasteiger partial charge is 0.493 e. The maximum absolute atomic E-state index is 12.1. The van der Waals surface area contributed by atoms with Crippen molar-refractivity contribution in [1.29, 1.82) is 0 Å². The first-order valence-electron chi connectivity index (χ1n) is 8.66. The Labute approximate surface area is 152 Å². The summed E-state index contributed by atoms with van der Waals surface area (Å²) in [6, 6.07) is 15.3. The van der Waals surface area contributed by atoms with E-state index < -0.39 is 5.91 Å². The molecule has 0 saturated carbocycles. The predicted octanol–water partition coefficient (Wildman–Crippen LogP) is 4.79. The number of aromatic nitrogens is 1. The summed E-state index contributed by atoms with van der Waals surface area (Å²) in [7, 11) is 0. The van der Waals surface area contributed by atoms with Gasteiger partial charge in [-0.1, -0.05) is 43.3 Å². The maximum atomic E-state index is 12.1. The second-order valence-electron chi connectivity index (χ2n) is 6.10. The number of azo groups is 1. The van der Waals surface area contributed by atoms with Gasteiger partial charge in [0, 0.05) is 17.6 Å². The van der Waals surface area contributed by atoms with Gasteiger partial charge < -0.3 is 15.0 Å². The Morgan fingerprint density at radius 2 is 1.88 bits per heavy atom. The summed E-state index contributed by atoms with van der Waals surface area (Å²) < 4.78 is 1.79. The summed E-state index contributed by atoms with van der Waals surface area (Å²) in [5, 5.41) is 22.1. The van der Waals surface area contributed by atoms with Crippen molar-refractivity contribution in [2.45, 2.75) is 26.8 Å². The summed E-state index contributed by atoms with van der Waals surface area (Å²) in [5.41, 5.74) is 3.15. The van der Waals surface area contributed by atoms with Gasteiger partial charge >= 0.3 is 0 Å². The van der Waals surface area contributed by atoms with Gasteiger partial charge in [0.1, 0.15) is 0 Å². The van der Waals surface area contributed by atoms with Crippen LogP contribution in [0.3, 0.4) is 0 Å². The molecule has 0 aliphatic rings. The number of aromatic hydroxyl groups is 1. The fraction of sp³-hybridized carbons (Fsp3) is 0.250. The molecule has 6 nitrogen and oxygen atoms in total. The number of hydrogen-bond donors (Lipinski definition) is 2. The van der Waals surface area contributed by atoms with Crippen LogP contribution in [0.2, 0.25) is 0 Å². The lowest BCUT2D eigenvalue weighted by molar-refractivity contribution is -0.116. The van der Waals surface area contributed by atoms with Crippen LogP contribution in [0.5, 0.6) is 5.88 Å². The molecule has 0 aliphatic heterocycles. The Morgan fingerprint density at radius 3 is 2.65 bits per heavy atom. The minimum Gasteiger partial charge on any atom is -0.493 e. The van der Waals surface area contributed by atoms with Crippen molar-refractivity contribution in [1.82, 2.24) is 4.57 Å². The summed E-state index contributed by atoms with van der Waals surface area (Å²) >= 11 is 0. The monoisotopic (exact) mass is 350 g/mol. The van der Waals surface area contributed by atoms with Crippen LogP contribution in [0.1, 0.15) is 18.9 Å². The van der Waals surface area contributed by atoms with Gasteiger partial charge in [0.2, 0.25) is 5.88 Å². The quantitative estimate of drug-likeness (QED) is 0.627. The van der Waals surface area contributed by atoms with Gasteiger partial charge in [-0.3, -0.25) is 4.79 Å². The fourth-order valence-corrected chi connectivity index (χ4v) is 2.90. The topological polar surface area (TPSA) is 79.0 Å². The highest BCUT2D eigenvalue weighted by Gasteiger charge is 2.16. The Hall–Kier alpha value is -3.15. The summed E-state index contributed by atoms with van der Waals surface area (Å²) in [6.45, 7) is 4.72. The average Bonchev–Trinajstić information content (AvgIpc) is 2.91. The van der Waals surface area contributed by atoms with E-state index in [0.29, 0.717) is 12.2 Å². The first-order valence-corrected chi connectivity index (χ1v) is 8.66. The van der Waals surface area contributed by atoms with Gasteiger partial charge in [0.05, 0.1) is 12.1 Å². The highest BCUT2D eigenvalue weighted by molar-refractivity contribution is 5.95. The number of carbonyl (C=O) groups excluding carboxylic acids is 1. The van der Waals surface area contributed by atoms with Crippen molar-refractivity contribution in [3.05, 3.63) is 54.1 Å². The molecule has 3 rings (SSSR count). The molecule has 26 heavy (non-hydrogen) atoms. The molecule has 2 N–H and O–H groups in total. The lowest BCUT2D eigenvalue weighted by atomic mass is 10.2. The van der Waals surface area contributed by atoms with E-state index in [1.165, 1.54) is 0 Å². The number of benzene rings is 2. The molecule has 6 heteroatoms. The number of para-hydroxylation sites is 2. The molecule has 1 amide bonds. The minimum atomic E-state index is -0.403. The van der Waals surface area contributed by atoms with Crippen LogP contribution in [-0.4, -0.2) is 22.1 Å². The second-order valence-corrected chi connectivity index (χ2v) is 6.10. The number of anilines is 1. The number of nitrogens with one attached hydrogen (secondary N) is 1. The zero-order valence-electron chi connectivity index (χ0n) is 14.9. The molecule has 0 fully saturated rings. The number of aryl methyl sites for hydroxylation is 2. The molecule has 3 aromatic rings. The van der Waals surface area contributed by atoms with E-state index in [9.17, 15) is 9.90 Å². The van der Waals surface area contributed by atoms with E-state index in [-0.39, 0.29) is 12.4 Å². The van der Waals surface area contributed by atoms with Crippen LogP contribution in [-0.2, 0) is 11.3 Å². The average molecular weight is 350 g/mol. The van der Waals surface area contributed by atoms with Crippen LogP contribution in [0.25, 0.3) is 10.9 Å². The number of carbonyl (C=O) groups is 1. The van der Waals surface area contributed by atoms with E-state index in [1.807, 2.05) is 62.4 Å². The molecule has 0 atom stereocenters. The second kappa shape index (κ2) is 7.82. The van der Waals surface area contributed by atoms with Crippen LogP contribution in [0.4, 0.5) is 11.4 Å². The van der Waals surface area contributed by atoms with Crippen molar-refractivity contribution in [2.75, 3.05) is 11.9 Å². The van der Waals surface area contributed by atoms with Crippen molar-refractivity contribution >= 4 is 28.2 Å². The van der Waals surface area contributed by atoms with Crippen molar-refractivity contribution < 1.29 is 9.90 Å². The number of rotatable bonds is 6. The lowest BCUT2D eigenvalue weighted by Gasteiger charge is -2.06. The fourth-order valence-electron chi connectivity index (χ4n) is 2.90. The Bertz CT molecular complexity index is 960. The van der Waals surface area contributed by atoms with Gasteiger partial charge in [-0.2, -0.15) is 0 Å². The molecule has 1 aromatic heterocycles. The third-order valence-electron chi connectivity index (χ3n) is 4.20. The summed E-state index contributed by atoms with van der Waals surface area (Å²) in [4.78, 5) is 12.1. The third-order valence-corrected chi connectivity index (χ3v) is 4.20. The molecule has 0 unspecified atom stereocenters. The van der Waals surface area contributed by atoms with Crippen LogP contribution in [0.15, 0.2) is 58.8 Å². The standard InChI is InChI=1S/C20H22N4O2/c1-3-12-24-17-11-7-5-9-15(17)19(20(24)26)23-22-18(25)13-21-16-10-6-4-8-14(16)2/h4-11,21,26H,3,12-13H2,1-2H3. The van der Waals surface area contributed by atoms with E-state index in [2.05, 4.69) is 15.5 Å². The third kappa shape index (κ3) is 3.59. The number of fused-ring (bicyclic) bond motifs is 1. The summed E-state index contributed by atoms with van der Waals surface area (Å²) in [6.07, 6.45) is 0.877. The lowest BCUT2D eigenvalue weighted by Crippen LogP contribution is -2.11. The molecular weight excluding hydrogens is 328 g/mol. The summed E-state index contributed by atoms with van der Waals surface area (Å²) in [5.74, 6) is -0.364. The molecule has 0 radical (unpaired) electrons. The number of amides is 1. The molecule has 1 heterocycles. The first-order chi connectivity index (χ1) is 12.6. The molecule has 134 valence electrons. The molecule has 2 aromatic carbocycles.